The average Bonchev–Trinajstić information content (AvgIpc) is 2.64. The van der Waals surface area contributed by atoms with Gasteiger partial charge in [-0.1, -0.05) is 27.2 Å². The van der Waals surface area contributed by atoms with Crippen LogP contribution in [0.3, 0.4) is 0 Å². The molecule has 2 fully saturated rings. The van der Waals surface area contributed by atoms with E-state index in [1.54, 1.807) is 0 Å². The van der Waals surface area contributed by atoms with Crippen LogP contribution in [0.1, 0.15) is 52.9 Å². The molecule has 1 aliphatic heterocycles. The summed E-state index contributed by atoms with van der Waals surface area (Å²) in [6.07, 6.45) is 7.09. The van der Waals surface area contributed by atoms with Crippen LogP contribution in [0.2, 0.25) is 0 Å². The molecule has 0 aromatic carbocycles. The van der Waals surface area contributed by atoms with E-state index in [1.807, 2.05) is 0 Å². The molecular weight excluding hydrogens is 196 g/mol. The van der Waals surface area contributed by atoms with E-state index >= 15 is 0 Å². The Morgan fingerprint density at radius 1 is 1.12 bits per heavy atom. The fraction of sp³-hybridized carbons (Fsp3) is 1.00. The third-order valence-electron chi connectivity index (χ3n) is 4.31. The Hall–Kier alpha value is -0.0800. The fourth-order valence-corrected chi connectivity index (χ4v) is 3.58. The molecule has 16 heavy (non-hydrogen) atoms. The Balaban J connectivity index is 1.86. The molecule has 1 aliphatic carbocycles. The molecule has 2 nitrogen and oxygen atoms in total. The third kappa shape index (κ3) is 2.98. The van der Waals surface area contributed by atoms with Gasteiger partial charge in [0.05, 0.1) is 0 Å². The number of rotatable bonds is 3. The lowest BCUT2D eigenvalue weighted by Gasteiger charge is -2.39. The number of nitrogens with one attached hydrogen (secondary N) is 1. The lowest BCUT2D eigenvalue weighted by molar-refractivity contribution is 0.114. The summed E-state index contributed by atoms with van der Waals surface area (Å²) in [6, 6.07) is 2.25. The van der Waals surface area contributed by atoms with Crippen molar-refractivity contribution in [1.82, 2.24) is 10.2 Å². The zero-order valence-electron chi connectivity index (χ0n) is 11.2. The molecular formula is C14H28N2. The summed E-state index contributed by atoms with van der Waals surface area (Å²) in [7, 11) is 0. The van der Waals surface area contributed by atoms with E-state index in [0.29, 0.717) is 6.04 Å². The van der Waals surface area contributed by atoms with Gasteiger partial charge in [-0.05, 0) is 38.1 Å². The van der Waals surface area contributed by atoms with Crippen LogP contribution in [0.15, 0.2) is 0 Å². The van der Waals surface area contributed by atoms with Gasteiger partial charge in [-0.15, -0.1) is 0 Å². The molecule has 1 saturated carbocycles. The predicted molar refractivity (Wildman–Crippen MR) is 69.7 cm³/mol. The second-order valence-corrected chi connectivity index (χ2v) is 6.13. The van der Waals surface area contributed by atoms with E-state index in [-0.39, 0.29) is 0 Å². The summed E-state index contributed by atoms with van der Waals surface area (Å²) in [5.41, 5.74) is 0. The van der Waals surface area contributed by atoms with Gasteiger partial charge >= 0.3 is 0 Å². The molecule has 0 spiro atoms. The first kappa shape index (κ1) is 12.4. The van der Waals surface area contributed by atoms with Gasteiger partial charge in [0.1, 0.15) is 0 Å². The third-order valence-corrected chi connectivity index (χ3v) is 4.31. The van der Waals surface area contributed by atoms with Crippen molar-refractivity contribution in [2.24, 2.45) is 5.92 Å². The molecule has 0 aromatic heterocycles. The van der Waals surface area contributed by atoms with E-state index in [4.69, 9.17) is 0 Å². The Kier molecular flexibility index (Phi) is 4.26. The van der Waals surface area contributed by atoms with Gasteiger partial charge in [0.25, 0.3) is 0 Å². The zero-order chi connectivity index (χ0) is 11.5. The maximum absolute atomic E-state index is 3.71. The van der Waals surface area contributed by atoms with Crippen molar-refractivity contribution in [2.75, 3.05) is 13.1 Å². The van der Waals surface area contributed by atoms with Crippen LogP contribution >= 0.6 is 0 Å². The lowest BCUT2D eigenvalue weighted by atomic mass is 9.98. The second kappa shape index (κ2) is 5.50. The van der Waals surface area contributed by atoms with Crippen molar-refractivity contribution in [2.45, 2.75) is 71.0 Å². The van der Waals surface area contributed by atoms with Crippen LogP contribution in [0.4, 0.5) is 0 Å². The Bertz CT molecular complexity index is 215. The van der Waals surface area contributed by atoms with Crippen LogP contribution in [0.5, 0.6) is 0 Å². The zero-order valence-corrected chi connectivity index (χ0v) is 11.2. The summed E-state index contributed by atoms with van der Waals surface area (Å²) in [4.78, 5) is 2.77. The fourth-order valence-electron chi connectivity index (χ4n) is 3.58. The smallest absolute Gasteiger partial charge is 0.0197 e. The van der Waals surface area contributed by atoms with Gasteiger partial charge in [-0.2, -0.15) is 0 Å². The van der Waals surface area contributed by atoms with E-state index in [2.05, 4.69) is 31.0 Å². The molecule has 1 heterocycles. The van der Waals surface area contributed by atoms with Crippen molar-refractivity contribution < 1.29 is 0 Å². The Morgan fingerprint density at radius 2 is 1.94 bits per heavy atom. The van der Waals surface area contributed by atoms with Crippen molar-refractivity contribution in [3.63, 3.8) is 0 Å². The highest BCUT2D eigenvalue weighted by Crippen LogP contribution is 2.31. The summed E-state index contributed by atoms with van der Waals surface area (Å²) in [6.45, 7) is 9.59. The number of likely N-dealkylation sites (tertiary alicyclic amines) is 1. The van der Waals surface area contributed by atoms with Crippen LogP contribution in [0.25, 0.3) is 0 Å². The first-order chi connectivity index (χ1) is 7.66. The van der Waals surface area contributed by atoms with Gasteiger partial charge < -0.3 is 5.32 Å². The summed E-state index contributed by atoms with van der Waals surface area (Å²) in [5, 5.41) is 3.71. The molecule has 2 rings (SSSR count). The standard InChI is InChI=1S/C14H28N2/c1-11(2)15-13-7-5-9-16(10-13)14-8-4-6-12(14)3/h11-15H,4-10H2,1-3H3. The highest BCUT2D eigenvalue weighted by atomic mass is 15.2. The maximum atomic E-state index is 3.71. The Labute approximate surface area is 101 Å². The van der Waals surface area contributed by atoms with Gasteiger partial charge in [-0.25, -0.2) is 0 Å². The second-order valence-electron chi connectivity index (χ2n) is 6.13. The molecule has 1 saturated heterocycles. The quantitative estimate of drug-likeness (QED) is 0.793. The highest BCUT2D eigenvalue weighted by molar-refractivity contribution is 4.88. The minimum absolute atomic E-state index is 0.631. The molecule has 2 heteroatoms. The van der Waals surface area contributed by atoms with Gasteiger partial charge in [-0.3, -0.25) is 4.90 Å². The van der Waals surface area contributed by atoms with Gasteiger partial charge in [0, 0.05) is 24.7 Å². The number of nitrogens with zero attached hydrogens (tertiary/aromatic N) is 1. The summed E-state index contributed by atoms with van der Waals surface area (Å²) in [5.74, 6) is 0.929. The van der Waals surface area contributed by atoms with Gasteiger partial charge in [0.2, 0.25) is 0 Å². The van der Waals surface area contributed by atoms with E-state index in [1.165, 1.54) is 45.2 Å². The molecule has 94 valence electrons. The number of piperidine rings is 1. The van der Waals surface area contributed by atoms with Crippen molar-refractivity contribution in [1.29, 1.82) is 0 Å². The molecule has 0 aromatic rings. The van der Waals surface area contributed by atoms with E-state index in [0.717, 1.165) is 18.0 Å². The van der Waals surface area contributed by atoms with Crippen LogP contribution < -0.4 is 5.32 Å². The average molecular weight is 224 g/mol. The van der Waals surface area contributed by atoms with E-state index in [9.17, 15) is 0 Å². The van der Waals surface area contributed by atoms with Crippen LogP contribution in [0, 0.1) is 5.92 Å². The monoisotopic (exact) mass is 224 g/mol. The molecule has 0 bridgehead atoms. The van der Waals surface area contributed by atoms with Gasteiger partial charge in [0.15, 0.2) is 0 Å². The first-order valence-corrected chi connectivity index (χ1v) is 7.17. The van der Waals surface area contributed by atoms with Crippen molar-refractivity contribution in [3.8, 4) is 0 Å². The van der Waals surface area contributed by atoms with Crippen LogP contribution in [-0.2, 0) is 0 Å². The largest absolute Gasteiger partial charge is 0.311 e. The van der Waals surface area contributed by atoms with Crippen molar-refractivity contribution in [3.05, 3.63) is 0 Å². The number of hydrogen-bond acceptors (Lipinski definition) is 2. The first-order valence-electron chi connectivity index (χ1n) is 7.17. The molecule has 2 aliphatic rings. The predicted octanol–water partition coefficient (Wildman–Crippen LogP) is 2.64. The highest BCUT2D eigenvalue weighted by Gasteiger charge is 2.32. The molecule has 3 atom stereocenters. The SMILES string of the molecule is CC(C)NC1CCCN(C2CCCC2C)C1. The minimum Gasteiger partial charge on any atom is -0.311 e. The molecule has 0 radical (unpaired) electrons. The summed E-state index contributed by atoms with van der Waals surface area (Å²) >= 11 is 0. The Morgan fingerprint density at radius 3 is 2.56 bits per heavy atom. The molecule has 1 N–H and O–H groups in total. The van der Waals surface area contributed by atoms with Crippen molar-refractivity contribution >= 4 is 0 Å². The minimum atomic E-state index is 0.631. The normalized spacial score (nSPS) is 37.1. The van der Waals surface area contributed by atoms with E-state index < -0.39 is 0 Å². The topological polar surface area (TPSA) is 15.3 Å². The van der Waals surface area contributed by atoms with Crippen LogP contribution in [-0.4, -0.2) is 36.1 Å². The molecule has 0 amide bonds. The maximum Gasteiger partial charge on any atom is 0.0197 e. The lowest BCUT2D eigenvalue weighted by Crippen LogP contribution is -2.51. The summed E-state index contributed by atoms with van der Waals surface area (Å²) < 4.78 is 0. The number of hydrogen-bond donors (Lipinski definition) is 1. The molecule has 3 unspecified atom stereocenters.